The van der Waals surface area contributed by atoms with Crippen LogP contribution in [0.3, 0.4) is 0 Å². The highest BCUT2D eigenvalue weighted by Crippen LogP contribution is 2.13. The van der Waals surface area contributed by atoms with Crippen molar-refractivity contribution in [1.82, 2.24) is 5.32 Å². The number of nitrogens with one attached hydrogen (secondary N) is 1. The van der Waals surface area contributed by atoms with Crippen LogP contribution in [-0.4, -0.2) is 61.4 Å². The number of β-amino-alcohol motifs (C(OH)–C–C–N with tert-alkyl or cyclic N) is 1. The van der Waals surface area contributed by atoms with Crippen molar-refractivity contribution in [2.24, 2.45) is 0 Å². The summed E-state index contributed by atoms with van der Waals surface area (Å²) < 4.78 is 10.4. The van der Waals surface area contributed by atoms with Gasteiger partial charge in [-0.25, -0.2) is 0 Å². The zero-order valence-electron chi connectivity index (χ0n) is 11.9. The summed E-state index contributed by atoms with van der Waals surface area (Å²) in [5, 5.41) is 22.3. The van der Waals surface area contributed by atoms with Crippen LogP contribution in [0.2, 0.25) is 0 Å². The number of aliphatic hydroxyl groups is 2. The highest BCUT2D eigenvalue weighted by molar-refractivity contribution is 4.85. The van der Waals surface area contributed by atoms with E-state index in [4.69, 9.17) is 9.47 Å². The smallest absolute Gasteiger partial charge is 0.0897 e. The number of hydrogen-bond donors (Lipinski definition) is 3. The maximum Gasteiger partial charge on any atom is 0.0897 e. The second kappa shape index (κ2) is 10.7. The molecule has 1 atom stereocenters. The van der Waals surface area contributed by atoms with Gasteiger partial charge in [-0.3, -0.25) is 0 Å². The van der Waals surface area contributed by atoms with Crippen LogP contribution in [0.15, 0.2) is 0 Å². The minimum absolute atomic E-state index is 0.0813. The third-order valence-electron chi connectivity index (χ3n) is 3.26. The van der Waals surface area contributed by atoms with Gasteiger partial charge < -0.3 is 25.0 Å². The van der Waals surface area contributed by atoms with Gasteiger partial charge in [-0.1, -0.05) is 13.8 Å². The molecule has 0 rings (SSSR count). The molecule has 0 aromatic carbocycles. The lowest BCUT2D eigenvalue weighted by molar-refractivity contribution is 0.00204. The van der Waals surface area contributed by atoms with E-state index in [0.717, 1.165) is 12.8 Å². The predicted molar refractivity (Wildman–Crippen MR) is 71.7 cm³/mol. The van der Waals surface area contributed by atoms with E-state index < -0.39 is 6.10 Å². The Hall–Kier alpha value is -0.200. The first-order chi connectivity index (χ1) is 8.64. The van der Waals surface area contributed by atoms with Crippen LogP contribution in [0.5, 0.6) is 0 Å². The Morgan fingerprint density at radius 2 is 1.72 bits per heavy atom. The molecule has 0 saturated heterocycles. The van der Waals surface area contributed by atoms with Gasteiger partial charge in [0, 0.05) is 18.7 Å². The highest BCUT2D eigenvalue weighted by atomic mass is 16.5. The van der Waals surface area contributed by atoms with Gasteiger partial charge in [0.05, 0.1) is 32.5 Å². The van der Waals surface area contributed by atoms with Crippen LogP contribution >= 0.6 is 0 Å². The molecular weight excluding hydrogens is 234 g/mol. The average molecular weight is 263 g/mol. The van der Waals surface area contributed by atoms with Crippen LogP contribution < -0.4 is 5.32 Å². The molecule has 0 aromatic rings. The Labute approximate surface area is 110 Å². The molecule has 3 N–H and O–H groups in total. The first-order valence-corrected chi connectivity index (χ1v) is 6.83. The maximum atomic E-state index is 9.75. The van der Waals surface area contributed by atoms with Crippen molar-refractivity contribution in [1.29, 1.82) is 0 Å². The van der Waals surface area contributed by atoms with Gasteiger partial charge in [0.2, 0.25) is 0 Å². The lowest BCUT2D eigenvalue weighted by atomic mass is 9.94. The number of aliphatic hydroxyl groups excluding tert-OH is 2. The van der Waals surface area contributed by atoms with Gasteiger partial charge in [-0.2, -0.15) is 0 Å². The molecule has 0 amide bonds. The number of ether oxygens (including phenoxy) is 2. The zero-order chi connectivity index (χ0) is 13.9. The van der Waals surface area contributed by atoms with E-state index in [2.05, 4.69) is 5.32 Å². The Morgan fingerprint density at radius 3 is 2.22 bits per heavy atom. The van der Waals surface area contributed by atoms with Gasteiger partial charge in [0.1, 0.15) is 0 Å². The van der Waals surface area contributed by atoms with Crippen LogP contribution in [0.1, 0.15) is 33.6 Å². The van der Waals surface area contributed by atoms with Crippen molar-refractivity contribution in [3.05, 3.63) is 0 Å². The Bertz CT molecular complexity index is 178. The van der Waals surface area contributed by atoms with Crippen molar-refractivity contribution in [3.8, 4) is 0 Å². The average Bonchev–Trinajstić information content (AvgIpc) is 2.41. The van der Waals surface area contributed by atoms with E-state index in [0.29, 0.717) is 26.4 Å². The summed E-state index contributed by atoms with van der Waals surface area (Å²) in [7, 11) is 0. The van der Waals surface area contributed by atoms with Crippen molar-refractivity contribution in [2.45, 2.75) is 45.3 Å². The van der Waals surface area contributed by atoms with Gasteiger partial charge >= 0.3 is 0 Å². The molecule has 0 saturated carbocycles. The van der Waals surface area contributed by atoms with E-state index in [9.17, 15) is 10.2 Å². The Balaban J connectivity index is 3.71. The van der Waals surface area contributed by atoms with Crippen LogP contribution in [0.25, 0.3) is 0 Å². The summed E-state index contributed by atoms with van der Waals surface area (Å²) in [6, 6.07) is 0. The molecule has 0 fully saturated rings. The van der Waals surface area contributed by atoms with Gasteiger partial charge in [-0.05, 0) is 19.8 Å². The molecule has 0 bridgehead atoms. The molecule has 0 radical (unpaired) electrons. The lowest BCUT2D eigenvalue weighted by Crippen LogP contribution is -2.50. The normalized spacial score (nSPS) is 13.8. The minimum atomic E-state index is -0.560. The van der Waals surface area contributed by atoms with E-state index in [1.807, 2.05) is 20.8 Å². The zero-order valence-corrected chi connectivity index (χ0v) is 11.9. The first kappa shape index (κ1) is 17.8. The maximum absolute atomic E-state index is 9.75. The molecule has 0 aliphatic heterocycles. The molecule has 18 heavy (non-hydrogen) atoms. The van der Waals surface area contributed by atoms with Crippen LogP contribution in [0.4, 0.5) is 0 Å². The van der Waals surface area contributed by atoms with E-state index in [-0.39, 0.29) is 18.8 Å². The second-order valence-electron chi connectivity index (χ2n) is 4.45. The van der Waals surface area contributed by atoms with E-state index >= 15 is 0 Å². The summed E-state index contributed by atoms with van der Waals surface area (Å²) >= 11 is 0. The fourth-order valence-corrected chi connectivity index (χ4v) is 1.65. The molecule has 0 aliphatic carbocycles. The third kappa shape index (κ3) is 7.28. The number of hydrogen-bond acceptors (Lipinski definition) is 5. The first-order valence-electron chi connectivity index (χ1n) is 6.83. The fraction of sp³-hybridized carbons (Fsp3) is 1.00. The van der Waals surface area contributed by atoms with E-state index in [1.165, 1.54) is 0 Å². The van der Waals surface area contributed by atoms with Gasteiger partial charge in [0.25, 0.3) is 0 Å². The van der Waals surface area contributed by atoms with Crippen LogP contribution in [0, 0.1) is 0 Å². The summed E-state index contributed by atoms with van der Waals surface area (Å²) in [6.07, 6.45) is 1.10. The third-order valence-corrected chi connectivity index (χ3v) is 3.26. The second-order valence-corrected chi connectivity index (χ2v) is 4.45. The van der Waals surface area contributed by atoms with Crippen molar-refractivity contribution in [3.63, 3.8) is 0 Å². The molecule has 110 valence electrons. The van der Waals surface area contributed by atoms with Crippen molar-refractivity contribution < 1.29 is 19.7 Å². The predicted octanol–water partition coefficient (Wildman–Crippen LogP) is 0.541. The summed E-state index contributed by atoms with van der Waals surface area (Å²) in [5.41, 5.74) is -0.285. The lowest BCUT2D eigenvalue weighted by Gasteiger charge is -2.31. The molecule has 5 nitrogen and oxygen atoms in total. The van der Waals surface area contributed by atoms with E-state index in [1.54, 1.807) is 0 Å². The Kier molecular flexibility index (Phi) is 10.6. The van der Waals surface area contributed by atoms with Gasteiger partial charge in [0.15, 0.2) is 0 Å². The molecule has 0 spiro atoms. The molecule has 5 heteroatoms. The molecule has 0 aliphatic rings. The quantitative estimate of drug-likeness (QED) is 0.448. The molecular formula is C13H29NO4. The monoisotopic (exact) mass is 263 g/mol. The van der Waals surface area contributed by atoms with Crippen molar-refractivity contribution >= 4 is 0 Å². The molecule has 0 aromatic heterocycles. The summed E-state index contributed by atoms with van der Waals surface area (Å²) in [5.74, 6) is 0. The SMILES string of the molecule is CCOCCOCC(O)CNC(CC)(CC)CO. The summed E-state index contributed by atoms with van der Waals surface area (Å²) in [6.45, 7) is 8.51. The molecule has 1 unspecified atom stereocenters. The van der Waals surface area contributed by atoms with Gasteiger partial charge in [-0.15, -0.1) is 0 Å². The number of rotatable bonds is 12. The topological polar surface area (TPSA) is 71.0 Å². The largest absolute Gasteiger partial charge is 0.394 e. The molecule has 0 heterocycles. The minimum Gasteiger partial charge on any atom is -0.394 e. The fourth-order valence-electron chi connectivity index (χ4n) is 1.65. The highest BCUT2D eigenvalue weighted by Gasteiger charge is 2.25. The van der Waals surface area contributed by atoms with Crippen molar-refractivity contribution in [2.75, 3.05) is 39.6 Å². The summed E-state index contributed by atoms with van der Waals surface area (Å²) in [4.78, 5) is 0. The van der Waals surface area contributed by atoms with Crippen LogP contribution in [-0.2, 0) is 9.47 Å². The Morgan fingerprint density at radius 1 is 1.11 bits per heavy atom. The standard InChI is InChI=1S/C13H29NO4/c1-4-13(5-2,11-15)14-9-12(16)10-18-8-7-17-6-3/h12,14-16H,4-11H2,1-3H3.